The molecule has 1 heterocycles. The maximum absolute atomic E-state index is 10.8. The Bertz CT molecular complexity index is 516. The van der Waals surface area contributed by atoms with Crippen molar-refractivity contribution >= 4 is 11.4 Å². The highest BCUT2D eigenvalue weighted by Gasteiger charge is 2.11. The molecule has 1 aromatic carbocycles. The van der Waals surface area contributed by atoms with Crippen LogP contribution in [0.1, 0.15) is 5.69 Å². The average molecular weight is 230 g/mol. The minimum atomic E-state index is -0.414. The minimum Gasteiger partial charge on any atom is -0.374 e. The summed E-state index contributed by atoms with van der Waals surface area (Å²) in [6.07, 6.45) is 3.07. The second-order valence-corrected chi connectivity index (χ2v) is 3.33. The SMILES string of the molecule is O=[N+]([O-])c1ccccc1NCc1ccncn1. The Morgan fingerprint density at radius 1 is 1.29 bits per heavy atom. The van der Waals surface area contributed by atoms with E-state index in [1.807, 2.05) is 0 Å². The topological polar surface area (TPSA) is 81.0 Å². The molecule has 0 spiro atoms. The monoisotopic (exact) mass is 230 g/mol. The summed E-state index contributed by atoms with van der Waals surface area (Å²) in [6.45, 7) is 0.424. The van der Waals surface area contributed by atoms with E-state index in [-0.39, 0.29) is 5.69 Å². The van der Waals surface area contributed by atoms with Crippen LogP contribution in [0.4, 0.5) is 11.4 Å². The molecule has 0 aliphatic rings. The average Bonchev–Trinajstić information content (AvgIpc) is 2.38. The Kier molecular flexibility index (Phi) is 3.25. The fourth-order valence-corrected chi connectivity index (χ4v) is 1.39. The molecule has 0 bridgehead atoms. The molecule has 1 N–H and O–H groups in total. The Balaban J connectivity index is 2.12. The Hall–Kier alpha value is -2.50. The lowest BCUT2D eigenvalue weighted by molar-refractivity contribution is -0.384. The lowest BCUT2D eigenvalue weighted by Crippen LogP contribution is -2.03. The van der Waals surface area contributed by atoms with Crippen LogP contribution in [0.15, 0.2) is 42.9 Å². The third-order valence-corrected chi connectivity index (χ3v) is 2.20. The van der Waals surface area contributed by atoms with Gasteiger partial charge in [-0.05, 0) is 12.1 Å². The third kappa shape index (κ3) is 2.75. The predicted molar refractivity (Wildman–Crippen MR) is 62.5 cm³/mol. The minimum absolute atomic E-state index is 0.0570. The van der Waals surface area contributed by atoms with Gasteiger partial charge in [-0.25, -0.2) is 9.97 Å². The molecule has 0 atom stereocenters. The van der Waals surface area contributed by atoms with Crippen LogP contribution in [0, 0.1) is 10.1 Å². The molecule has 2 rings (SSSR count). The summed E-state index contributed by atoms with van der Waals surface area (Å²) < 4.78 is 0. The van der Waals surface area contributed by atoms with Gasteiger partial charge in [0.25, 0.3) is 5.69 Å². The van der Waals surface area contributed by atoms with Crippen molar-refractivity contribution in [3.05, 3.63) is 58.7 Å². The first-order chi connectivity index (χ1) is 8.27. The van der Waals surface area contributed by atoms with Crippen molar-refractivity contribution in [1.82, 2.24) is 9.97 Å². The van der Waals surface area contributed by atoms with Gasteiger partial charge in [-0.2, -0.15) is 0 Å². The number of nitrogens with zero attached hydrogens (tertiary/aromatic N) is 3. The molecule has 6 nitrogen and oxygen atoms in total. The van der Waals surface area contributed by atoms with Crippen molar-refractivity contribution in [3.8, 4) is 0 Å². The highest BCUT2D eigenvalue weighted by Crippen LogP contribution is 2.23. The molecular weight excluding hydrogens is 220 g/mol. The van der Waals surface area contributed by atoms with Crippen molar-refractivity contribution in [2.45, 2.75) is 6.54 Å². The van der Waals surface area contributed by atoms with Gasteiger partial charge in [-0.15, -0.1) is 0 Å². The van der Waals surface area contributed by atoms with Crippen LogP contribution >= 0.6 is 0 Å². The molecule has 0 saturated heterocycles. The van der Waals surface area contributed by atoms with Crippen LogP contribution in [0.5, 0.6) is 0 Å². The Labute approximate surface area is 97.5 Å². The molecule has 86 valence electrons. The van der Waals surface area contributed by atoms with E-state index >= 15 is 0 Å². The standard InChI is InChI=1S/C11H10N4O2/c16-15(17)11-4-2-1-3-10(11)13-7-9-5-6-12-8-14-9/h1-6,8,13H,7H2. The van der Waals surface area contributed by atoms with Crippen LogP contribution in [-0.4, -0.2) is 14.9 Å². The number of rotatable bonds is 4. The molecule has 2 aromatic rings. The van der Waals surface area contributed by atoms with Crippen molar-refractivity contribution in [2.75, 3.05) is 5.32 Å². The van der Waals surface area contributed by atoms with E-state index in [9.17, 15) is 10.1 Å². The number of para-hydroxylation sites is 2. The number of nitro groups is 1. The zero-order chi connectivity index (χ0) is 12.1. The first-order valence-electron chi connectivity index (χ1n) is 4.99. The van der Waals surface area contributed by atoms with Gasteiger partial charge in [-0.1, -0.05) is 12.1 Å². The molecule has 1 aromatic heterocycles. The molecule has 0 radical (unpaired) electrons. The summed E-state index contributed by atoms with van der Waals surface area (Å²) in [5.74, 6) is 0. The molecule has 17 heavy (non-hydrogen) atoms. The van der Waals surface area contributed by atoms with Gasteiger partial charge in [0.05, 0.1) is 17.2 Å². The second kappa shape index (κ2) is 5.02. The highest BCUT2D eigenvalue weighted by atomic mass is 16.6. The third-order valence-electron chi connectivity index (χ3n) is 2.20. The molecule has 0 saturated carbocycles. The Morgan fingerprint density at radius 3 is 2.82 bits per heavy atom. The summed E-state index contributed by atoms with van der Waals surface area (Å²) in [4.78, 5) is 18.2. The quantitative estimate of drug-likeness (QED) is 0.641. The number of benzene rings is 1. The number of nitro benzene ring substituents is 1. The summed E-state index contributed by atoms with van der Waals surface area (Å²) in [5, 5.41) is 13.8. The van der Waals surface area contributed by atoms with E-state index in [0.717, 1.165) is 5.69 Å². The number of hydrogen-bond donors (Lipinski definition) is 1. The van der Waals surface area contributed by atoms with Gasteiger partial charge < -0.3 is 5.32 Å². The van der Waals surface area contributed by atoms with E-state index in [0.29, 0.717) is 12.2 Å². The van der Waals surface area contributed by atoms with Crippen molar-refractivity contribution in [1.29, 1.82) is 0 Å². The number of anilines is 1. The zero-order valence-corrected chi connectivity index (χ0v) is 8.91. The maximum atomic E-state index is 10.8. The van der Waals surface area contributed by atoms with E-state index < -0.39 is 4.92 Å². The van der Waals surface area contributed by atoms with E-state index in [1.54, 1.807) is 30.5 Å². The van der Waals surface area contributed by atoms with E-state index in [1.165, 1.54) is 12.4 Å². The number of hydrogen-bond acceptors (Lipinski definition) is 5. The van der Waals surface area contributed by atoms with Crippen LogP contribution < -0.4 is 5.32 Å². The normalized spacial score (nSPS) is 9.88. The number of nitrogens with one attached hydrogen (secondary N) is 1. The lowest BCUT2D eigenvalue weighted by Gasteiger charge is -2.05. The van der Waals surface area contributed by atoms with Gasteiger partial charge in [0.2, 0.25) is 0 Å². The molecule has 0 unspecified atom stereocenters. The second-order valence-electron chi connectivity index (χ2n) is 3.33. The van der Waals surface area contributed by atoms with Crippen molar-refractivity contribution < 1.29 is 4.92 Å². The smallest absolute Gasteiger partial charge is 0.292 e. The van der Waals surface area contributed by atoms with Gasteiger partial charge in [0.15, 0.2) is 0 Å². The molecule has 0 aliphatic heterocycles. The van der Waals surface area contributed by atoms with Gasteiger partial charge in [0, 0.05) is 12.3 Å². The van der Waals surface area contributed by atoms with Gasteiger partial charge in [0.1, 0.15) is 12.0 Å². The largest absolute Gasteiger partial charge is 0.374 e. The van der Waals surface area contributed by atoms with E-state index in [4.69, 9.17) is 0 Å². The van der Waals surface area contributed by atoms with Gasteiger partial charge in [-0.3, -0.25) is 10.1 Å². The van der Waals surface area contributed by atoms with Crippen LogP contribution in [0.25, 0.3) is 0 Å². The summed E-state index contributed by atoms with van der Waals surface area (Å²) in [5.41, 5.74) is 1.32. The first-order valence-corrected chi connectivity index (χ1v) is 4.99. The van der Waals surface area contributed by atoms with Crippen LogP contribution in [0.3, 0.4) is 0 Å². The fourth-order valence-electron chi connectivity index (χ4n) is 1.39. The highest BCUT2D eigenvalue weighted by molar-refractivity contribution is 5.61. The molecular formula is C11H10N4O2. The Morgan fingerprint density at radius 2 is 2.12 bits per heavy atom. The lowest BCUT2D eigenvalue weighted by atomic mass is 10.2. The molecule has 6 heteroatoms. The maximum Gasteiger partial charge on any atom is 0.292 e. The summed E-state index contributed by atoms with van der Waals surface area (Å²) in [7, 11) is 0. The van der Waals surface area contributed by atoms with Crippen LogP contribution in [0.2, 0.25) is 0 Å². The fraction of sp³-hybridized carbons (Fsp3) is 0.0909. The first kappa shape index (κ1) is 11.0. The molecule has 0 amide bonds. The predicted octanol–water partition coefficient (Wildman–Crippen LogP) is 2.00. The van der Waals surface area contributed by atoms with Crippen molar-refractivity contribution in [3.63, 3.8) is 0 Å². The number of aromatic nitrogens is 2. The van der Waals surface area contributed by atoms with Crippen LogP contribution in [-0.2, 0) is 6.54 Å². The van der Waals surface area contributed by atoms with Crippen molar-refractivity contribution in [2.24, 2.45) is 0 Å². The van der Waals surface area contributed by atoms with E-state index in [2.05, 4.69) is 15.3 Å². The molecule has 0 fully saturated rings. The summed E-state index contributed by atoms with van der Waals surface area (Å²) >= 11 is 0. The molecule has 0 aliphatic carbocycles. The summed E-state index contributed by atoms with van der Waals surface area (Å²) in [6, 6.07) is 8.26. The zero-order valence-electron chi connectivity index (χ0n) is 8.91. The van der Waals surface area contributed by atoms with Gasteiger partial charge >= 0.3 is 0 Å².